The largest absolute Gasteiger partial charge is 0.411 e. The Kier molecular flexibility index (Phi) is 8.40. The Balaban J connectivity index is 2.64. The van der Waals surface area contributed by atoms with Crippen LogP contribution in [0.4, 0.5) is 0 Å². The second-order valence-electron chi connectivity index (χ2n) is 12.9. The maximum absolute atomic E-state index is 11.9. The Morgan fingerprint density at radius 1 is 1.06 bits per heavy atom. The lowest BCUT2D eigenvalue weighted by molar-refractivity contribution is -0.243. The highest BCUT2D eigenvalue weighted by molar-refractivity contribution is 6.74. The molecule has 0 spiro atoms. The summed E-state index contributed by atoms with van der Waals surface area (Å²) < 4.78 is 38.0. The van der Waals surface area contributed by atoms with Gasteiger partial charge in [0.2, 0.25) is 0 Å². The minimum atomic E-state index is -2.19. The maximum atomic E-state index is 11.9. The van der Waals surface area contributed by atoms with Gasteiger partial charge in [-0.15, -0.1) is 0 Å². The Bertz CT molecular complexity index is 681. The molecule has 2 rings (SSSR count). The van der Waals surface area contributed by atoms with Crippen molar-refractivity contribution in [2.75, 3.05) is 20.5 Å². The van der Waals surface area contributed by atoms with Crippen molar-refractivity contribution in [2.45, 2.75) is 129 Å². The van der Waals surface area contributed by atoms with Gasteiger partial charge < -0.3 is 32.9 Å². The number of ether oxygens (including phenoxy) is 5. The smallest absolute Gasteiger partial charge is 0.192 e. The number of fused-ring (bicyclic) bond motifs is 1. The molecule has 0 aromatic rings. The molecule has 7 nitrogen and oxygen atoms in total. The molecule has 1 saturated carbocycles. The van der Waals surface area contributed by atoms with E-state index in [2.05, 4.69) is 40.8 Å². The highest BCUT2D eigenvalue weighted by Gasteiger charge is 2.70. The van der Waals surface area contributed by atoms with Gasteiger partial charge >= 0.3 is 0 Å². The summed E-state index contributed by atoms with van der Waals surface area (Å²) in [5.41, 5.74) is -1.91. The van der Waals surface area contributed by atoms with Gasteiger partial charge in [-0.3, -0.25) is 0 Å². The Hall–Kier alpha value is -0.353. The van der Waals surface area contributed by atoms with Gasteiger partial charge in [0, 0.05) is 25.4 Å². The fourth-order valence-corrected chi connectivity index (χ4v) is 6.23. The molecule has 0 unspecified atom stereocenters. The van der Waals surface area contributed by atoms with Gasteiger partial charge in [-0.25, -0.2) is 0 Å². The van der Waals surface area contributed by atoms with E-state index in [1.165, 1.54) is 0 Å². The van der Waals surface area contributed by atoms with Crippen LogP contribution in [0, 0.1) is 5.41 Å². The van der Waals surface area contributed by atoms with Crippen molar-refractivity contribution < 1.29 is 32.9 Å². The average molecular weight is 489 g/mol. The molecule has 2 fully saturated rings. The lowest BCUT2D eigenvalue weighted by Gasteiger charge is -2.57. The molecule has 0 aromatic carbocycles. The Labute approximate surface area is 202 Å². The van der Waals surface area contributed by atoms with Gasteiger partial charge in [-0.05, 0) is 52.8 Å². The third-order valence-electron chi connectivity index (χ3n) is 7.38. The first-order valence-corrected chi connectivity index (χ1v) is 15.0. The number of aldehydes is 1. The zero-order chi connectivity index (χ0) is 25.5. The van der Waals surface area contributed by atoms with Crippen LogP contribution in [0.5, 0.6) is 0 Å². The van der Waals surface area contributed by atoms with Gasteiger partial charge in [-0.2, -0.15) is 0 Å². The van der Waals surface area contributed by atoms with Gasteiger partial charge in [0.1, 0.15) is 24.8 Å². The van der Waals surface area contributed by atoms with Crippen LogP contribution >= 0.6 is 0 Å². The molecular weight excluding hydrogens is 440 g/mol. The SMILES string of the molecule is COCOC[C@@]12OC(C)(C)O[C@@H]1[C@](C)(CC=O)[C@@H](OC(C)(C)C)C[C@@H]2O[Si](C)(C)C(C)(C)C. The van der Waals surface area contributed by atoms with E-state index in [9.17, 15) is 4.79 Å². The van der Waals surface area contributed by atoms with Crippen LogP contribution < -0.4 is 0 Å². The van der Waals surface area contributed by atoms with Gasteiger partial charge in [-0.1, -0.05) is 27.7 Å². The van der Waals surface area contributed by atoms with Gasteiger partial charge in [0.15, 0.2) is 14.1 Å². The van der Waals surface area contributed by atoms with E-state index in [-0.39, 0.29) is 37.1 Å². The summed E-state index contributed by atoms with van der Waals surface area (Å²) in [6.45, 7) is 23.5. The number of carbonyl (C=O) groups is 1. The summed E-state index contributed by atoms with van der Waals surface area (Å²) in [7, 11) is -0.597. The number of rotatable bonds is 9. The van der Waals surface area contributed by atoms with Gasteiger partial charge in [0.05, 0.1) is 24.4 Å². The van der Waals surface area contributed by atoms with Crippen molar-refractivity contribution >= 4 is 14.6 Å². The summed E-state index contributed by atoms with van der Waals surface area (Å²) in [6.07, 6.45) is 0.795. The first-order chi connectivity index (χ1) is 14.8. The summed E-state index contributed by atoms with van der Waals surface area (Å²) in [5.74, 6) is -0.864. The molecule has 1 aliphatic carbocycles. The highest BCUT2D eigenvalue weighted by atomic mass is 28.4. The summed E-state index contributed by atoms with van der Waals surface area (Å²) in [6, 6.07) is 0. The van der Waals surface area contributed by atoms with E-state index in [4.69, 9.17) is 28.1 Å². The number of hydrogen-bond donors (Lipinski definition) is 0. The third kappa shape index (κ3) is 6.08. The predicted molar refractivity (Wildman–Crippen MR) is 131 cm³/mol. The summed E-state index contributed by atoms with van der Waals surface area (Å²) in [5, 5.41) is 0.00990. The molecule has 0 amide bonds. The molecule has 0 N–H and O–H groups in total. The van der Waals surface area contributed by atoms with E-state index < -0.39 is 36.8 Å². The molecule has 1 saturated heterocycles. The van der Waals surface area contributed by atoms with Crippen LogP contribution in [0.15, 0.2) is 0 Å². The fourth-order valence-electron chi connectivity index (χ4n) is 4.87. The van der Waals surface area contributed by atoms with E-state index >= 15 is 0 Å². The molecule has 0 bridgehead atoms. The fraction of sp³-hybridized carbons (Fsp3) is 0.960. The summed E-state index contributed by atoms with van der Waals surface area (Å²) in [4.78, 5) is 11.9. The zero-order valence-corrected chi connectivity index (χ0v) is 24.0. The van der Waals surface area contributed by atoms with Crippen molar-refractivity contribution in [3.05, 3.63) is 0 Å². The Morgan fingerprint density at radius 2 is 1.67 bits per heavy atom. The quantitative estimate of drug-likeness (QED) is 0.194. The highest BCUT2D eigenvalue weighted by Crippen LogP contribution is 2.57. The molecule has 33 heavy (non-hydrogen) atoms. The standard InChI is InChI=1S/C25H48O7Si/c1-21(2,3)29-18-15-19(31-33(11,12)22(4,5)6)25(16-28-17-27-10)20(24(18,9)13-14-26)30-23(7,8)32-25/h14,18-20H,13,15-17H2,1-12H3/t18-,19-,20+,24+,25-/m0/s1. The minimum Gasteiger partial charge on any atom is -0.411 e. The van der Waals surface area contributed by atoms with E-state index in [0.29, 0.717) is 6.42 Å². The van der Waals surface area contributed by atoms with Crippen molar-refractivity contribution in [1.29, 1.82) is 0 Å². The van der Waals surface area contributed by atoms with E-state index in [1.54, 1.807) is 7.11 Å². The topological polar surface area (TPSA) is 72.5 Å². The number of hydrogen-bond acceptors (Lipinski definition) is 7. The second kappa shape index (κ2) is 9.60. The van der Waals surface area contributed by atoms with Crippen molar-refractivity contribution in [1.82, 2.24) is 0 Å². The van der Waals surface area contributed by atoms with Crippen LogP contribution in [0.2, 0.25) is 18.1 Å². The molecule has 0 radical (unpaired) electrons. The predicted octanol–water partition coefficient (Wildman–Crippen LogP) is 5.07. The zero-order valence-electron chi connectivity index (χ0n) is 23.0. The lowest BCUT2D eigenvalue weighted by atomic mass is 9.61. The van der Waals surface area contributed by atoms with Crippen molar-refractivity contribution in [3.8, 4) is 0 Å². The van der Waals surface area contributed by atoms with Crippen LogP contribution in [0.1, 0.15) is 75.2 Å². The van der Waals surface area contributed by atoms with Crippen LogP contribution in [-0.2, 0) is 32.9 Å². The van der Waals surface area contributed by atoms with Crippen molar-refractivity contribution in [3.63, 3.8) is 0 Å². The molecular formula is C25H48O7Si. The monoisotopic (exact) mass is 488 g/mol. The molecule has 2 aliphatic rings. The minimum absolute atomic E-state index is 0.00990. The maximum Gasteiger partial charge on any atom is 0.192 e. The third-order valence-corrected chi connectivity index (χ3v) is 11.9. The molecule has 5 atom stereocenters. The average Bonchev–Trinajstić information content (AvgIpc) is 2.90. The Morgan fingerprint density at radius 3 is 2.15 bits per heavy atom. The normalized spacial score (nSPS) is 34.8. The first-order valence-electron chi connectivity index (χ1n) is 12.1. The molecule has 1 aliphatic heterocycles. The molecule has 1 heterocycles. The second-order valence-corrected chi connectivity index (χ2v) is 17.7. The molecule has 8 heteroatoms. The number of methoxy groups -OCH3 is 1. The van der Waals surface area contributed by atoms with Gasteiger partial charge in [0.25, 0.3) is 0 Å². The molecule has 194 valence electrons. The van der Waals surface area contributed by atoms with Crippen LogP contribution in [-0.4, -0.2) is 70.4 Å². The lowest BCUT2D eigenvalue weighted by Crippen LogP contribution is -2.70. The number of carbonyl (C=O) groups excluding carboxylic acids is 1. The first kappa shape index (κ1) is 28.9. The van der Waals surface area contributed by atoms with Crippen molar-refractivity contribution in [2.24, 2.45) is 5.41 Å². The summed E-state index contributed by atoms with van der Waals surface area (Å²) >= 11 is 0. The molecule has 0 aromatic heterocycles. The van der Waals surface area contributed by atoms with Crippen LogP contribution in [0.3, 0.4) is 0 Å². The van der Waals surface area contributed by atoms with Crippen LogP contribution in [0.25, 0.3) is 0 Å². The van der Waals surface area contributed by atoms with E-state index in [0.717, 1.165) is 6.29 Å². The van der Waals surface area contributed by atoms with E-state index in [1.807, 2.05) is 34.6 Å².